The van der Waals surface area contributed by atoms with Crippen LogP contribution in [0.3, 0.4) is 0 Å². The smallest absolute Gasteiger partial charge is 0.403 e. The molecule has 0 radical (unpaired) electrons. The van der Waals surface area contributed by atoms with Crippen LogP contribution in [0.15, 0.2) is 0 Å². The zero-order valence-corrected chi connectivity index (χ0v) is 6.62. The number of hydrogen-bond donors (Lipinski definition) is 3. The molecule has 6 heteroatoms. The summed E-state index contributed by atoms with van der Waals surface area (Å²) in [5.41, 5.74) is -0.881. The zero-order chi connectivity index (χ0) is 9.11. The number of hydrogen-bond acceptors (Lipinski definition) is 5. The van der Waals surface area contributed by atoms with E-state index in [4.69, 9.17) is 15.3 Å². The minimum atomic E-state index is -0.881. The van der Waals surface area contributed by atoms with Crippen LogP contribution in [-0.4, -0.2) is 47.2 Å². The van der Waals surface area contributed by atoms with Gasteiger partial charge in [0.15, 0.2) is 0 Å². The number of ether oxygens (including phenoxy) is 1. The summed E-state index contributed by atoms with van der Waals surface area (Å²) in [5.74, 6) is 0. The largest absolute Gasteiger partial charge is 0.451 e. The van der Waals surface area contributed by atoms with E-state index < -0.39 is 5.43 Å². The van der Waals surface area contributed by atoms with Gasteiger partial charge < -0.3 is 20.1 Å². The molecule has 0 aromatic rings. The topological polar surface area (TPSA) is 87.0 Å². The van der Waals surface area contributed by atoms with Crippen molar-refractivity contribution in [3.63, 3.8) is 0 Å². The van der Waals surface area contributed by atoms with E-state index in [-0.39, 0.29) is 26.4 Å². The predicted octanol–water partition coefficient (Wildman–Crippen LogP) is -0.675. The van der Waals surface area contributed by atoms with Crippen LogP contribution in [0.2, 0.25) is 0 Å². The van der Waals surface area contributed by atoms with Gasteiger partial charge in [-0.3, -0.25) is 0 Å². The van der Waals surface area contributed by atoms with Gasteiger partial charge >= 0.3 is 5.43 Å². The molecule has 0 aromatic heterocycles. The molecule has 5 nitrogen and oxygen atoms in total. The Balaban J connectivity index is 0. The number of aliphatic hydroxyl groups is 3. The fraction of sp³-hybridized carbons (Fsp3) is 0.800. The lowest BCUT2D eigenvalue weighted by atomic mass is 10.8. The number of halogens is 1. The van der Waals surface area contributed by atoms with Crippen molar-refractivity contribution in [2.75, 3.05) is 26.4 Å². The van der Waals surface area contributed by atoms with Crippen LogP contribution in [0.4, 0.5) is 4.79 Å². The van der Waals surface area contributed by atoms with Crippen molar-refractivity contribution in [3.05, 3.63) is 0 Å². The zero-order valence-electron chi connectivity index (χ0n) is 5.86. The van der Waals surface area contributed by atoms with Crippen molar-refractivity contribution in [3.8, 4) is 0 Å². The van der Waals surface area contributed by atoms with Crippen LogP contribution in [0, 0.1) is 0 Å². The molecule has 11 heavy (non-hydrogen) atoms. The summed E-state index contributed by atoms with van der Waals surface area (Å²) in [4.78, 5) is 9.63. The van der Waals surface area contributed by atoms with Crippen LogP contribution in [0.1, 0.15) is 0 Å². The van der Waals surface area contributed by atoms with Crippen LogP contribution < -0.4 is 0 Å². The first kappa shape index (κ1) is 13.2. The van der Waals surface area contributed by atoms with Crippen LogP contribution in [0.5, 0.6) is 0 Å². The first-order valence-electron chi connectivity index (χ1n) is 2.83. The maximum absolute atomic E-state index is 9.63. The fourth-order valence-electron chi connectivity index (χ4n) is 0.126. The lowest BCUT2D eigenvalue weighted by molar-refractivity contribution is 0.140. The summed E-state index contributed by atoms with van der Waals surface area (Å²) in [5, 5.41) is 23.2. The summed E-state index contributed by atoms with van der Waals surface area (Å²) in [6, 6.07) is 0. The summed E-state index contributed by atoms with van der Waals surface area (Å²) in [6.07, 6.45) is 0. The summed E-state index contributed by atoms with van der Waals surface area (Å²) < 4.78 is 4.07. The molecular weight excluding hydrogens is 176 g/mol. The molecule has 0 fully saturated rings. The molecule has 0 saturated heterocycles. The van der Waals surface area contributed by atoms with Crippen LogP contribution in [0.25, 0.3) is 0 Å². The fourth-order valence-corrected chi connectivity index (χ4v) is 0.203. The van der Waals surface area contributed by atoms with Crippen molar-refractivity contribution >= 4 is 17.0 Å². The molecule has 3 N–H and O–H groups in total. The van der Waals surface area contributed by atoms with Gasteiger partial charge in [0.05, 0.1) is 19.8 Å². The molecule has 0 aliphatic carbocycles. The van der Waals surface area contributed by atoms with Gasteiger partial charge in [-0.25, -0.2) is 4.79 Å². The second kappa shape index (κ2) is 12.3. The van der Waals surface area contributed by atoms with E-state index in [0.29, 0.717) is 0 Å². The third-order valence-corrected chi connectivity index (χ3v) is 0.516. The van der Waals surface area contributed by atoms with E-state index >= 15 is 0 Å². The average molecular weight is 187 g/mol. The van der Waals surface area contributed by atoms with E-state index in [2.05, 4.69) is 16.3 Å². The Labute approximate surface area is 69.2 Å². The van der Waals surface area contributed by atoms with Gasteiger partial charge in [0, 0.05) is 11.6 Å². The van der Waals surface area contributed by atoms with E-state index in [9.17, 15) is 4.79 Å². The highest BCUT2D eigenvalue weighted by atomic mass is 35.5. The average Bonchev–Trinajstić information content (AvgIpc) is 2.01. The maximum atomic E-state index is 9.63. The number of carbonyl (C=O) groups is 1. The number of rotatable bonds is 3. The molecule has 0 amide bonds. The molecule has 68 valence electrons. The molecular formula is C5H11ClO5. The van der Waals surface area contributed by atoms with Gasteiger partial charge in [-0.1, -0.05) is 0 Å². The molecule has 0 atom stereocenters. The van der Waals surface area contributed by atoms with Crippen molar-refractivity contribution < 1.29 is 24.9 Å². The second-order valence-electron chi connectivity index (χ2n) is 1.26. The van der Waals surface area contributed by atoms with Gasteiger partial charge in [0.2, 0.25) is 0 Å². The Hall–Kier alpha value is -0.360. The van der Waals surface area contributed by atoms with Gasteiger partial charge in [-0.15, -0.1) is 0 Å². The quantitative estimate of drug-likeness (QED) is 0.509. The van der Waals surface area contributed by atoms with E-state index in [1.54, 1.807) is 0 Å². The summed E-state index contributed by atoms with van der Waals surface area (Å²) >= 11 is 4.68. The Bertz CT molecular complexity index is 84.9. The molecule has 0 rings (SSSR count). The highest BCUT2D eigenvalue weighted by Crippen LogP contribution is 1.83. The van der Waals surface area contributed by atoms with Crippen LogP contribution >= 0.6 is 11.6 Å². The van der Waals surface area contributed by atoms with Gasteiger partial charge in [0.1, 0.15) is 6.61 Å². The highest BCUT2D eigenvalue weighted by Gasteiger charge is 1.89. The maximum Gasteiger partial charge on any atom is 0.403 e. The van der Waals surface area contributed by atoms with Crippen molar-refractivity contribution in [2.45, 2.75) is 0 Å². The van der Waals surface area contributed by atoms with Crippen LogP contribution in [-0.2, 0) is 4.74 Å². The van der Waals surface area contributed by atoms with E-state index in [1.807, 2.05) is 0 Å². The summed E-state index contributed by atoms with van der Waals surface area (Å²) in [7, 11) is 0. The van der Waals surface area contributed by atoms with Crippen molar-refractivity contribution in [1.29, 1.82) is 0 Å². The minimum absolute atomic E-state index is 0.0255. The Morgan fingerprint density at radius 2 is 1.64 bits per heavy atom. The second-order valence-corrected chi connectivity index (χ2v) is 1.57. The standard InChI is InChI=1S/C3H5ClO3.C2H6O2/c4-3(6)7-2-1-5;3-1-2-4/h5H,1-2H2;3-4H,1-2H2. The molecule has 0 spiro atoms. The normalized spacial score (nSPS) is 8.00. The van der Waals surface area contributed by atoms with Gasteiger partial charge in [-0.05, 0) is 0 Å². The Morgan fingerprint density at radius 1 is 1.18 bits per heavy atom. The molecule has 0 aromatic carbocycles. The summed E-state index contributed by atoms with van der Waals surface area (Å²) in [6.45, 7) is -0.458. The lowest BCUT2D eigenvalue weighted by Crippen LogP contribution is -1.99. The third kappa shape index (κ3) is 26.1. The molecule has 0 aliphatic heterocycles. The van der Waals surface area contributed by atoms with E-state index in [1.165, 1.54) is 0 Å². The monoisotopic (exact) mass is 186 g/mol. The molecule has 0 bridgehead atoms. The third-order valence-electron chi connectivity index (χ3n) is 0.407. The molecule has 0 heterocycles. The minimum Gasteiger partial charge on any atom is -0.451 e. The predicted molar refractivity (Wildman–Crippen MR) is 38.5 cm³/mol. The molecule has 0 unspecified atom stereocenters. The molecule has 0 aliphatic rings. The first-order chi connectivity index (χ1) is 5.18. The Morgan fingerprint density at radius 3 is 1.73 bits per heavy atom. The van der Waals surface area contributed by atoms with Crippen molar-refractivity contribution in [1.82, 2.24) is 0 Å². The number of carbonyl (C=O) groups excluding carboxylic acids is 1. The lowest BCUT2D eigenvalue weighted by Gasteiger charge is -1.91. The van der Waals surface area contributed by atoms with Gasteiger partial charge in [0.25, 0.3) is 0 Å². The highest BCUT2D eigenvalue weighted by molar-refractivity contribution is 6.61. The van der Waals surface area contributed by atoms with Crippen molar-refractivity contribution in [2.24, 2.45) is 0 Å². The Kier molecular flexibility index (Phi) is 14.8. The SMILES string of the molecule is O=C(Cl)OCCO.OCCO. The first-order valence-corrected chi connectivity index (χ1v) is 3.21. The van der Waals surface area contributed by atoms with Gasteiger partial charge in [-0.2, -0.15) is 0 Å². The number of aliphatic hydroxyl groups excluding tert-OH is 3. The molecule has 0 saturated carbocycles. The van der Waals surface area contributed by atoms with E-state index in [0.717, 1.165) is 0 Å².